The second-order valence-electron chi connectivity index (χ2n) is 7.67. The monoisotopic (exact) mass is 455 g/mol. The van der Waals surface area contributed by atoms with E-state index in [-0.39, 0.29) is 12.1 Å². The van der Waals surface area contributed by atoms with Crippen molar-refractivity contribution in [1.29, 1.82) is 0 Å². The summed E-state index contributed by atoms with van der Waals surface area (Å²) in [6.07, 6.45) is 1.55. The highest BCUT2D eigenvalue weighted by Gasteiger charge is 2.31. The van der Waals surface area contributed by atoms with Gasteiger partial charge in [0.05, 0.1) is 0 Å². The molecule has 0 aromatic heterocycles. The summed E-state index contributed by atoms with van der Waals surface area (Å²) >= 11 is 3.50. The van der Waals surface area contributed by atoms with Crippen LogP contribution in [-0.4, -0.2) is 42.7 Å². The van der Waals surface area contributed by atoms with Gasteiger partial charge in [0.15, 0.2) is 6.10 Å². The Morgan fingerprint density at radius 1 is 1.36 bits per heavy atom. The number of halogens is 1. The number of benzene rings is 1. The van der Waals surface area contributed by atoms with Crippen LogP contribution in [0.15, 0.2) is 27.8 Å². The lowest BCUT2D eigenvalue weighted by Crippen LogP contribution is -2.35. The molecule has 0 aliphatic carbocycles. The van der Waals surface area contributed by atoms with Gasteiger partial charge < -0.3 is 19.0 Å². The van der Waals surface area contributed by atoms with Crippen LogP contribution in [0.5, 0.6) is 5.75 Å². The summed E-state index contributed by atoms with van der Waals surface area (Å²) in [7, 11) is 0. The van der Waals surface area contributed by atoms with Gasteiger partial charge in [-0.25, -0.2) is 4.79 Å². The molecule has 0 saturated carbocycles. The minimum atomic E-state index is -0.707. The normalized spacial score (nSPS) is 17.6. The average Bonchev–Trinajstić information content (AvgIpc) is 3.07. The van der Waals surface area contributed by atoms with E-state index < -0.39 is 11.7 Å². The van der Waals surface area contributed by atoms with Gasteiger partial charge in [-0.15, -0.1) is 0 Å². The van der Waals surface area contributed by atoms with Crippen LogP contribution in [0.1, 0.15) is 59.4 Å². The van der Waals surface area contributed by atoms with Gasteiger partial charge in [0.2, 0.25) is 0 Å². The molecule has 0 fully saturated rings. The third-order valence-electron chi connectivity index (χ3n) is 4.04. The summed E-state index contributed by atoms with van der Waals surface area (Å²) in [6.45, 7) is 10.5. The first-order chi connectivity index (χ1) is 13.2. The molecule has 28 heavy (non-hydrogen) atoms. The molecule has 1 aromatic carbocycles. The Balaban J connectivity index is 2.23. The molecule has 2 unspecified atom stereocenters. The van der Waals surface area contributed by atoms with Crippen LogP contribution in [0, 0.1) is 0 Å². The van der Waals surface area contributed by atoms with E-state index in [1.807, 2.05) is 45.9 Å². The highest BCUT2D eigenvalue weighted by atomic mass is 79.9. The molecule has 2 atom stereocenters. The molecule has 0 spiro atoms. The molecule has 7 heteroatoms. The van der Waals surface area contributed by atoms with Crippen molar-refractivity contribution in [2.75, 3.05) is 13.2 Å². The maximum Gasteiger partial charge on any atom is 0.347 e. The van der Waals surface area contributed by atoms with E-state index in [9.17, 15) is 4.79 Å². The molecule has 2 rings (SSSR count). The number of rotatable bonds is 9. The van der Waals surface area contributed by atoms with E-state index in [0.717, 1.165) is 22.9 Å². The van der Waals surface area contributed by atoms with Crippen LogP contribution in [0.2, 0.25) is 0 Å². The third-order valence-corrected chi connectivity index (χ3v) is 4.53. The van der Waals surface area contributed by atoms with Crippen molar-refractivity contribution in [2.45, 2.75) is 71.7 Å². The van der Waals surface area contributed by atoms with Gasteiger partial charge >= 0.3 is 5.97 Å². The maximum absolute atomic E-state index is 12.5. The van der Waals surface area contributed by atoms with Gasteiger partial charge in [0, 0.05) is 16.6 Å². The molecule has 0 radical (unpaired) electrons. The Morgan fingerprint density at radius 2 is 2.11 bits per heavy atom. The smallest absolute Gasteiger partial charge is 0.347 e. The lowest BCUT2D eigenvalue weighted by atomic mass is 10.0. The van der Waals surface area contributed by atoms with Crippen molar-refractivity contribution >= 4 is 27.6 Å². The number of ether oxygens (including phenoxy) is 3. The predicted octanol–water partition coefficient (Wildman–Crippen LogP) is 4.87. The van der Waals surface area contributed by atoms with Crippen molar-refractivity contribution in [3.63, 3.8) is 0 Å². The zero-order chi connectivity index (χ0) is 20.7. The van der Waals surface area contributed by atoms with Crippen LogP contribution in [-0.2, 0) is 19.1 Å². The Kier molecular flexibility index (Phi) is 8.31. The summed E-state index contributed by atoms with van der Waals surface area (Å²) in [4.78, 5) is 17.8. The molecule has 1 aliphatic rings. The molecule has 6 nitrogen and oxygen atoms in total. The maximum atomic E-state index is 12.5. The Morgan fingerprint density at radius 3 is 2.75 bits per heavy atom. The van der Waals surface area contributed by atoms with Gasteiger partial charge in [-0.05, 0) is 51.8 Å². The fourth-order valence-corrected chi connectivity index (χ4v) is 3.02. The number of oxime groups is 1. The van der Waals surface area contributed by atoms with Crippen LogP contribution in [0.3, 0.4) is 0 Å². The van der Waals surface area contributed by atoms with E-state index in [1.54, 1.807) is 0 Å². The van der Waals surface area contributed by atoms with Crippen molar-refractivity contribution in [3.05, 3.63) is 28.2 Å². The third kappa shape index (κ3) is 6.48. The van der Waals surface area contributed by atoms with Crippen molar-refractivity contribution < 1.29 is 23.8 Å². The van der Waals surface area contributed by atoms with Gasteiger partial charge in [-0.2, -0.15) is 0 Å². The van der Waals surface area contributed by atoms with Crippen LogP contribution < -0.4 is 4.74 Å². The number of esters is 1. The van der Waals surface area contributed by atoms with E-state index in [4.69, 9.17) is 19.0 Å². The Labute approximate surface area is 175 Å². The molecular weight excluding hydrogens is 426 g/mol. The average molecular weight is 456 g/mol. The summed E-state index contributed by atoms with van der Waals surface area (Å²) in [5.41, 5.74) is 0.847. The molecule has 0 bridgehead atoms. The van der Waals surface area contributed by atoms with E-state index in [2.05, 4.69) is 28.0 Å². The van der Waals surface area contributed by atoms with Crippen LogP contribution in [0.25, 0.3) is 0 Å². The Bertz CT molecular complexity index is 699. The van der Waals surface area contributed by atoms with E-state index in [1.165, 1.54) is 0 Å². The van der Waals surface area contributed by atoms with Crippen LogP contribution in [0.4, 0.5) is 0 Å². The number of nitrogens with zero attached hydrogens (tertiary/aromatic N) is 1. The molecule has 0 saturated heterocycles. The zero-order valence-electron chi connectivity index (χ0n) is 17.3. The van der Waals surface area contributed by atoms with Gasteiger partial charge in [-0.1, -0.05) is 41.4 Å². The highest BCUT2D eigenvalue weighted by molar-refractivity contribution is 9.10. The lowest BCUT2D eigenvalue weighted by molar-refractivity contribution is -0.163. The number of hydrogen-bond acceptors (Lipinski definition) is 6. The minimum absolute atomic E-state index is 0.259. The first-order valence-electron chi connectivity index (χ1n) is 9.76. The Hall–Kier alpha value is -1.60. The number of unbranched alkanes of at least 4 members (excludes halogenated alkanes) is 1. The van der Waals surface area contributed by atoms with Crippen molar-refractivity contribution in [1.82, 2.24) is 0 Å². The molecule has 156 valence electrons. The quantitative estimate of drug-likeness (QED) is 0.392. The SMILES string of the molecule is CCCCOC1CON=C1c1cc(Br)ccc1OC(CC)C(=O)OC(C)(C)C. The number of hydrogen-bond donors (Lipinski definition) is 0. The predicted molar refractivity (Wildman–Crippen MR) is 112 cm³/mol. The molecule has 1 aromatic rings. The van der Waals surface area contributed by atoms with E-state index in [0.29, 0.717) is 31.1 Å². The zero-order valence-corrected chi connectivity index (χ0v) is 18.9. The summed E-state index contributed by atoms with van der Waals surface area (Å²) in [6, 6.07) is 5.58. The molecule has 0 N–H and O–H groups in total. The largest absolute Gasteiger partial charge is 0.478 e. The molecule has 1 aliphatic heterocycles. The number of carbonyl (C=O) groups excluding carboxylic acids is 1. The molecule has 0 amide bonds. The van der Waals surface area contributed by atoms with Crippen molar-refractivity contribution in [2.24, 2.45) is 5.16 Å². The van der Waals surface area contributed by atoms with E-state index >= 15 is 0 Å². The molecular formula is C21H30BrNO5. The van der Waals surface area contributed by atoms with Crippen molar-refractivity contribution in [3.8, 4) is 5.75 Å². The van der Waals surface area contributed by atoms with Gasteiger partial charge in [0.25, 0.3) is 0 Å². The standard InChI is InChI=1S/C21H30BrNO5/c1-6-8-11-25-18-13-26-23-19(18)15-12-14(22)9-10-17(15)27-16(7-2)20(24)28-21(3,4)5/h9-10,12,16,18H,6-8,11,13H2,1-5H3. The second kappa shape index (κ2) is 10.3. The fraction of sp³-hybridized carbons (Fsp3) is 0.619. The highest BCUT2D eigenvalue weighted by Crippen LogP contribution is 2.29. The van der Waals surface area contributed by atoms with Gasteiger partial charge in [0.1, 0.15) is 29.8 Å². The lowest BCUT2D eigenvalue weighted by Gasteiger charge is -2.25. The second-order valence-corrected chi connectivity index (χ2v) is 8.59. The summed E-state index contributed by atoms with van der Waals surface area (Å²) in [5.74, 6) is 0.165. The van der Waals surface area contributed by atoms with Crippen LogP contribution >= 0.6 is 15.9 Å². The fourth-order valence-electron chi connectivity index (χ4n) is 2.66. The first kappa shape index (κ1) is 22.7. The summed E-state index contributed by atoms with van der Waals surface area (Å²) in [5, 5.41) is 4.18. The van der Waals surface area contributed by atoms with Gasteiger partial charge in [-0.3, -0.25) is 0 Å². The molecule has 1 heterocycles. The minimum Gasteiger partial charge on any atom is -0.478 e. The summed E-state index contributed by atoms with van der Waals surface area (Å²) < 4.78 is 18.4. The first-order valence-corrected chi connectivity index (χ1v) is 10.5. The number of carbonyl (C=O) groups is 1. The topological polar surface area (TPSA) is 66.3 Å².